The Bertz CT molecular complexity index is 460. The summed E-state index contributed by atoms with van der Waals surface area (Å²) in [4.78, 5) is 4.30. The zero-order valence-electron chi connectivity index (χ0n) is 12.2. The van der Waals surface area contributed by atoms with Crippen LogP contribution in [0.1, 0.15) is 25.8 Å². The maximum Gasteiger partial charge on any atom is 0.188 e. The molecule has 1 unspecified atom stereocenters. The summed E-state index contributed by atoms with van der Waals surface area (Å²) < 4.78 is 5.32. The molecule has 0 radical (unpaired) electrons. The first kappa shape index (κ1) is 15.9. The molecule has 0 amide bonds. The molecule has 0 saturated heterocycles. The highest BCUT2D eigenvalue weighted by Gasteiger charge is 1.99. The number of nitrogens with two attached hydrogens (primary N) is 1. The quantitative estimate of drug-likeness (QED) is 0.453. The van der Waals surface area contributed by atoms with Crippen molar-refractivity contribution in [2.75, 3.05) is 13.2 Å². The molecule has 1 atom stereocenters. The van der Waals surface area contributed by atoms with Crippen LogP contribution >= 0.6 is 0 Å². The summed E-state index contributed by atoms with van der Waals surface area (Å²) >= 11 is 0. The molecule has 0 aliphatic heterocycles. The summed E-state index contributed by atoms with van der Waals surface area (Å²) in [5.74, 6) is 3.73. The van der Waals surface area contributed by atoms with Crippen LogP contribution in [0.25, 0.3) is 0 Å². The molecule has 0 spiro atoms. The normalized spacial score (nSPS) is 12.6. The number of guanidine groups is 1. The van der Waals surface area contributed by atoms with Gasteiger partial charge in [-0.25, -0.2) is 0 Å². The van der Waals surface area contributed by atoms with Crippen molar-refractivity contribution in [2.24, 2.45) is 10.7 Å². The van der Waals surface area contributed by atoms with Crippen LogP contribution in [-0.4, -0.2) is 25.2 Å². The third-order valence-corrected chi connectivity index (χ3v) is 2.93. The standard InChI is InChI=1S/C16H23N3O/c1-4-12-20-15-8-6-14(7-9-15)10-11-18-16(17)19-13(3)5-2/h1,6-9,13H,5,10-12H2,2-3H3,(H3,17,18,19). The van der Waals surface area contributed by atoms with E-state index in [-0.39, 0.29) is 0 Å². The molecule has 4 heteroatoms. The van der Waals surface area contributed by atoms with Crippen LogP contribution in [0.2, 0.25) is 0 Å². The minimum Gasteiger partial charge on any atom is -0.481 e. The maximum absolute atomic E-state index is 5.79. The second-order valence-corrected chi connectivity index (χ2v) is 4.61. The molecule has 0 bridgehead atoms. The van der Waals surface area contributed by atoms with Crippen LogP contribution in [0.3, 0.4) is 0 Å². The Morgan fingerprint density at radius 2 is 2.15 bits per heavy atom. The predicted molar refractivity (Wildman–Crippen MR) is 83.9 cm³/mol. The fraction of sp³-hybridized carbons (Fsp3) is 0.438. The van der Waals surface area contributed by atoms with Crippen molar-refractivity contribution in [2.45, 2.75) is 32.7 Å². The van der Waals surface area contributed by atoms with Gasteiger partial charge in [0.25, 0.3) is 0 Å². The Morgan fingerprint density at radius 1 is 1.45 bits per heavy atom. The average molecular weight is 273 g/mol. The molecule has 0 saturated carbocycles. The topological polar surface area (TPSA) is 59.6 Å². The highest BCUT2D eigenvalue weighted by molar-refractivity contribution is 5.78. The highest BCUT2D eigenvalue weighted by atomic mass is 16.5. The minimum atomic E-state index is 0.293. The summed E-state index contributed by atoms with van der Waals surface area (Å²) in [6, 6.07) is 8.21. The smallest absolute Gasteiger partial charge is 0.188 e. The summed E-state index contributed by atoms with van der Waals surface area (Å²) in [5, 5.41) is 3.14. The van der Waals surface area contributed by atoms with E-state index in [0.29, 0.717) is 25.2 Å². The molecule has 1 aromatic rings. The number of ether oxygens (including phenoxy) is 1. The van der Waals surface area contributed by atoms with Crippen molar-refractivity contribution >= 4 is 5.96 Å². The van der Waals surface area contributed by atoms with Crippen LogP contribution in [0, 0.1) is 12.3 Å². The SMILES string of the molecule is C#CCOc1ccc(CCN=C(N)NC(C)CC)cc1. The molecule has 20 heavy (non-hydrogen) atoms. The Morgan fingerprint density at radius 3 is 2.75 bits per heavy atom. The first-order valence-corrected chi connectivity index (χ1v) is 6.87. The molecule has 3 N–H and O–H groups in total. The Kier molecular flexibility index (Phi) is 7.05. The van der Waals surface area contributed by atoms with Gasteiger partial charge in [0.2, 0.25) is 0 Å². The first-order valence-electron chi connectivity index (χ1n) is 6.87. The van der Waals surface area contributed by atoms with Crippen LogP contribution in [0.4, 0.5) is 0 Å². The number of hydrogen-bond donors (Lipinski definition) is 2. The van der Waals surface area contributed by atoms with Crippen molar-refractivity contribution in [1.82, 2.24) is 5.32 Å². The van der Waals surface area contributed by atoms with Gasteiger partial charge < -0.3 is 15.8 Å². The second kappa shape index (κ2) is 8.87. The lowest BCUT2D eigenvalue weighted by molar-refractivity contribution is 0.370. The number of nitrogens with one attached hydrogen (secondary N) is 1. The van der Waals surface area contributed by atoms with Gasteiger partial charge in [-0.2, -0.15) is 0 Å². The lowest BCUT2D eigenvalue weighted by Crippen LogP contribution is -2.38. The number of rotatable bonds is 7. The Labute approximate surface area is 121 Å². The molecule has 0 aliphatic carbocycles. The molecule has 108 valence electrons. The third kappa shape index (κ3) is 6.14. The molecule has 0 fully saturated rings. The van der Waals surface area contributed by atoms with E-state index in [0.717, 1.165) is 18.6 Å². The van der Waals surface area contributed by atoms with Gasteiger partial charge in [-0.3, -0.25) is 4.99 Å². The van der Waals surface area contributed by atoms with Crippen LogP contribution in [-0.2, 0) is 6.42 Å². The van der Waals surface area contributed by atoms with Crippen molar-refractivity contribution in [3.8, 4) is 18.1 Å². The maximum atomic E-state index is 5.79. The van der Waals surface area contributed by atoms with Crippen LogP contribution in [0.5, 0.6) is 5.75 Å². The molecule has 1 rings (SSSR count). The molecule has 0 aromatic heterocycles. The largest absolute Gasteiger partial charge is 0.481 e. The van der Waals surface area contributed by atoms with Gasteiger partial charge in [0.05, 0.1) is 0 Å². The van der Waals surface area contributed by atoms with E-state index in [1.165, 1.54) is 5.56 Å². The second-order valence-electron chi connectivity index (χ2n) is 4.61. The summed E-state index contributed by atoms with van der Waals surface area (Å²) in [6.07, 6.45) is 7.01. The lowest BCUT2D eigenvalue weighted by Gasteiger charge is -2.11. The predicted octanol–water partition coefficient (Wildman–Crippen LogP) is 1.94. The van der Waals surface area contributed by atoms with E-state index < -0.39 is 0 Å². The van der Waals surface area contributed by atoms with Crippen molar-refractivity contribution < 1.29 is 4.74 Å². The van der Waals surface area contributed by atoms with Gasteiger partial charge in [0, 0.05) is 12.6 Å². The van der Waals surface area contributed by atoms with Gasteiger partial charge in [-0.15, -0.1) is 6.42 Å². The van der Waals surface area contributed by atoms with E-state index in [4.69, 9.17) is 16.9 Å². The number of terminal acetylenes is 1. The van der Waals surface area contributed by atoms with E-state index in [1.54, 1.807) is 0 Å². The molecular weight excluding hydrogens is 250 g/mol. The fourth-order valence-corrected chi connectivity index (χ4v) is 1.58. The number of benzene rings is 1. The molecule has 0 heterocycles. The molecule has 4 nitrogen and oxygen atoms in total. The fourth-order valence-electron chi connectivity index (χ4n) is 1.58. The highest BCUT2D eigenvalue weighted by Crippen LogP contribution is 2.12. The van der Waals surface area contributed by atoms with Gasteiger partial charge >= 0.3 is 0 Å². The number of hydrogen-bond acceptors (Lipinski definition) is 2. The Hall–Kier alpha value is -2.15. The minimum absolute atomic E-state index is 0.293. The van der Waals surface area contributed by atoms with E-state index in [1.807, 2.05) is 24.3 Å². The van der Waals surface area contributed by atoms with Crippen LogP contribution < -0.4 is 15.8 Å². The Balaban J connectivity index is 2.38. The van der Waals surface area contributed by atoms with Crippen molar-refractivity contribution in [3.63, 3.8) is 0 Å². The summed E-state index contributed by atoms with van der Waals surface area (Å²) in [6.45, 7) is 5.15. The molecular formula is C16H23N3O. The van der Waals surface area contributed by atoms with Crippen LogP contribution in [0.15, 0.2) is 29.3 Å². The lowest BCUT2D eigenvalue weighted by atomic mass is 10.1. The molecule has 1 aromatic carbocycles. The van der Waals surface area contributed by atoms with Gasteiger partial charge in [-0.05, 0) is 37.5 Å². The van der Waals surface area contributed by atoms with E-state index in [2.05, 4.69) is 30.1 Å². The number of nitrogens with zero attached hydrogens (tertiary/aromatic N) is 1. The van der Waals surface area contributed by atoms with Gasteiger partial charge in [0.15, 0.2) is 5.96 Å². The third-order valence-electron chi connectivity index (χ3n) is 2.93. The van der Waals surface area contributed by atoms with Crippen molar-refractivity contribution in [3.05, 3.63) is 29.8 Å². The average Bonchev–Trinajstić information content (AvgIpc) is 2.46. The van der Waals surface area contributed by atoms with E-state index in [9.17, 15) is 0 Å². The zero-order valence-corrected chi connectivity index (χ0v) is 12.2. The monoisotopic (exact) mass is 273 g/mol. The van der Waals surface area contributed by atoms with Gasteiger partial charge in [-0.1, -0.05) is 25.0 Å². The summed E-state index contributed by atoms with van der Waals surface area (Å²) in [5.41, 5.74) is 6.99. The zero-order chi connectivity index (χ0) is 14.8. The summed E-state index contributed by atoms with van der Waals surface area (Å²) in [7, 11) is 0. The number of aliphatic imine (C=N–C) groups is 1. The molecule has 0 aliphatic rings. The van der Waals surface area contributed by atoms with Gasteiger partial charge in [0.1, 0.15) is 12.4 Å². The van der Waals surface area contributed by atoms with E-state index >= 15 is 0 Å². The first-order chi connectivity index (χ1) is 9.65. The van der Waals surface area contributed by atoms with Crippen molar-refractivity contribution in [1.29, 1.82) is 0 Å².